The molecule has 2 atom stereocenters. The molecule has 0 aliphatic heterocycles. The molecule has 0 aliphatic carbocycles. The number of benzene rings is 1. The lowest BCUT2D eigenvalue weighted by Gasteiger charge is -2.27. The van der Waals surface area contributed by atoms with Gasteiger partial charge in [0.15, 0.2) is 0 Å². The Labute approximate surface area is 101 Å². The summed E-state index contributed by atoms with van der Waals surface area (Å²) in [7, 11) is 0. The molecule has 4 nitrogen and oxygen atoms in total. The summed E-state index contributed by atoms with van der Waals surface area (Å²) in [5.74, 6) is -1.83. The smallest absolute Gasteiger partial charge is 0.225 e. The van der Waals surface area contributed by atoms with Crippen LogP contribution >= 0.6 is 0 Å². The van der Waals surface area contributed by atoms with Gasteiger partial charge in [-0.1, -0.05) is 6.07 Å². The van der Waals surface area contributed by atoms with E-state index < -0.39 is 23.5 Å². The summed E-state index contributed by atoms with van der Waals surface area (Å²) in [6.45, 7) is 1.08. The molecule has 0 spiro atoms. The molecule has 7 heteroatoms. The second kappa shape index (κ2) is 4.41. The largest absolute Gasteiger partial charge is 0.380 e. The Kier molecular flexibility index (Phi) is 3.08. The molecule has 0 bridgehead atoms. The zero-order chi connectivity index (χ0) is 13.3. The van der Waals surface area contributed by atoms with Gasteiger partial charge >= 0.3 is 0 Å². The lowest BCUT2D eigenvalue weighted by molar-refractivity contribution is -0.0687. The molecule has 2 aromatic rings. The van der Waals surface area contributed by atoms with Gasteiger partial charge in [-0.3, -0.25) is 0 Å². The zero-order valence-electron chi connectivity index (χ0n) is 9.39. The van der Waals surface area contributed by atoms with Crippen molar-refractivity contribution in [3.05, 3.63) is 48.1 Å². The highest BCUT2D eigenvalue weighted by atomic mass is 19.1. The average Bonchev–Trinajstić information content (AvgIpc) is 2.80. The molecule has 0 aliphatic rings. The maximum atomic E-state index is 14.1. The van der Waals surface area contributed by atoms with Crippen LogP contribution < -0.4 is 0 Å². The average molecular weight is 257 g/mol. The lowest BCUT2D eigenvalue weighted by Crippen LogP contribution is -2.32. The molecule has 1 aromatic carbocycles. The number of alkyl halides is 1. The first kappa shape index (κ1) is 12.6. The topological polar surface area (TPSA) is 50.9 Å². The van der Waals surface area contributed by atoms with Crippen LogP contribution in [-0.2, 0) is 5.60 Å². The van der Waals surface area contributed by atoms with Crippen LogP contribution in [0.1, 0.15) is 18.8 Å². The van der Waals surface area contributed by atoms with E-state index in [-0.39, 0.29) is 5.56 Å². The number of hydrogen-bond donors (Lipinski definition) is 1. The van der Waals surface area contributed by atoms with Crippen LogP contribution in [0.2, 0.25) is 0 Å². The van der Waals surface area contributed by atoms with Crippen LogP contribution in [0.5, 0.6) is 0 Å². The molecular formula is C11H10F3N3O. The van der Waals surface area contributed by atoms with Gasteiger partial charge in [0.25, 0.3) is 0 Å². The molecular weight excluding hydrogens is 247 g/mol. The van der Waals surface area contributed by atoms with Crippen molar-refractivity contribution in [3.8, 4) is 0 Å². The number of hydrogen-bond acceptors (Lipinski definition) is 3. The van der Waals surface area contributed by atoms with Crippen molar-refractivity contribution in [1.29, 1.82) is 0 Å². The van der Waals surface area contributed by atoms with E-state index in [9.17, 15) is 18.3 Å². The van der Waals surface area contributed by atoms with Crippen molar-refractivity contribution < 1.29 is 18.3 Å². The Morgan fingerprint density at radius 1 is 1.39 bits per heavy atom. The van der Waals surface area contributed by atoms with E-state index in [0.717, 1.165) is 36.4 Å². The van der Waals surface area contributed by atoms with Gasteiger partial charge in [-0.05, 0) is 13.0 Å². The van der Waals surface area contributed by atoms with Gasteiger partial charge in [0, 0.05) is 11.6 Å². The summed E-state index contributed by atoms with van der Waals surface area (Å²) in [5, 5.41) is 13.6. The van der Waals surface area contributed by atoms with Gasteiger partial charge in [-0.2, -0.15) is 5.10 Å². The predicted molar refractivity (Wildman–Crippen MR) is 56.1 cm³/mol. The molecule has 1 heterocycles. The van der Waals surface area contributed by atoms with Crippen molar-refractivity contribution >= 4 is 0 Å². The molecule has 2 rings (SSSR count). The van der Waals surface area contributed by atoms with E-state index >= 15 is 0 Å². The van der Waals surface area contributed by atoms with Crippen LogP contribution in [0.25, 0.3) is 0 Å². The quantitative estimate of drug-likeness (QED) is 0.914. The Morgan fingerprint density at radius 2 is 2.11 bits per heavy atom. The Bertz CT molecular complexity index is 542. The van der Waals surface area contributed by atoms with E-state index in [0.29, 0.717) is 6.07 Å². The van der Waals surface area contributed by atoms with Gasteiger partial charge in [0.1, 0.15) is 29.9 Å². The maximum Gasteiger partial charge on any atom is 0.225 e. The molecule has 96 valence electrons. The summed E-state index contributed by atoms with van der Waals surface area (Å²) in [4.78, 5) is 3.53. The summed E-state index contributed by atoms with van der Waals surface area (Å²) in [6.07, 6.45) is 0.101. The Hall–Kier alpha value is -1.89. The SMILES string of the molecule is CC(O)(c1ccc(F)cc1F)C(F)n1cncn1. The lowest BCUT2D eigenvalue weighted by atomic mass is 9.94. The van der Waals surface area contributed by atoms with Crippen molar-refractivity contribution in [1.82, 2.24) is 14.8 Å². The van der Waals surface area contributed by atoms with E-state index in [1.54, 1.807) is 0 Å². The summed E-state index contributed by atoms with van der Waals surface area (Å²) in [5.41, 5.74) is -2.54. The van der Waals surface area contributed by atoms with Crippen LogP contribution in [0.15, 0.2) is 30.9 Å². The standard InChI is InChI=1S/C11H10F3N3O/c1-11(18,10(14)17-6-15-5-16-17)8-3-2-7(12)4-9(8)13/h2-6,10,18H,1H3. The molecule has 1 N–H and O–H groups in total. The van der Waals surface area contributed by atoms with E-state index in [4.69, 9.17) is 0 Å². The van der Waals surface area contributed by atoms with Crippen molar-refractivity contribution in [3.63, 3.8) is 0 Å². The number of aromatic nitrogens is 3. The van der Waals surface area contributed by atoms with Crippen molar-refractivity contribution in [2.45, 2.75) is 18.8 Å². The molecule has 1 aromatic heterocycles. The van der Waals surface area contributed by atoms with E-state index in [1.165, 1.54) is 0 Å². The third kappa shape index (κ3) is 2.08. The van der Waals surface area contributed by atoms with Crippen LogP contribution in [0, 0.1) is 11.6 Å². The van der Waals surface area contributed by atoms with E-state index in [2.05, 4.69) is 10.1 Å². The second-order valence-electron chi connectivity index (χ2n) is 3.98. The molecule has 0 saturated heterocycles. The van der Waals surface area contributed by atoms with E-state index in [1.807, 2.05) is 0 Å². The Balaban J connectivity index is 2.41. The van der Waals surface area contributed by atoms with Gasteiger partial charge in [-0.25, -0.2) is 22.8 Å². The zero-order valence-corrected chi connectivity index (χ0v) is 9.39. The van der Waals surface area contributed by atoms with Gasteiger partial charge in [0.2, 0.25) is 6.30 Å². The molecule has 0 radical (unpaired) electrons. The summed E-state index contributed by atoms with van der Waals surface area (Å²) < 4.78 is 41.1. The fourth-order valence-corrected chi connectivity index (χ4v) is 1.62. The fourth-order valence-electron chi connectivity index (χ4n) is 1.62. The minimum atomic E-state index is -2.19. The van der Waals surface area contributed by atoms with Gasteiger partial charge < -0.3 is 5.11 Å². The number of halogens is 3. The Morgan fingerprint density at radius 3 is 2.67 bits per heavy atom. The number of nitrogens with zero attached hydrogens (tertiary/aromatic N) is 3. The summed E-state index contributed by atoms with van der Waals surface area (Å²) in [6, 6.07) is 2.52. The monoisotopic (exact) mass is 257 g/mol. The first-order valence-electron chi connectivity index (χ1n) is 5.09. The molecule has 18 heavy (non-hydrogen) atoms. The highest BCUT2D eigenvalue weighted by Crippen LogP contribution is 2.35. The van der Waals surface area contributed by atoms with Crippen molar-refractivity contribution in [2.24, 2.45) is 0 Å². The first-order valence-corrected chi connectivity index (χ1v) is 5.09. The minimum absolute atomic E-state index is 0.355. The minimum Gasteiger partial charge on any atom is -0.380 e. The number of rotatable bonds is 3. The van der Waals surface area contributed by atoms with Crippen LogP contribution in [0.3, 0.4) is 0 Å². The van der Waals surface area contributed by atoms with Gasteiger partial charge in [-0.15, -0.1) is 0 Å². The highest BCUT2D eigenvalue weighted by Gasteiger charge is 2.38. The first-order chi connectivity index (χ1) is 8.43. The second-order valence-corrected chi connectivity index (χ2v) is 3.98. The fraction of sp³-hybridized carbons (Fsp3) is 0.273. The summed E-state index contributed by atoms with van der Waals surface area (Å²) >= 11 is 0. The van der Waals surface area contributed by atoms with Gasteiger partial charge in [0.05, 0.1) is 0 Å². The normalized spacial score (nSPS) is 16.3. The van der Waals surface area contributed by atoms with Crippen molar-refractivity contribution in [2.75, 3.05) is 0 Å². The van der Waals surface area contributed by atoms with Crippen LogP contribution in [0.4, 0.5) is 13.2 Å². The highest BCUT2D eigenvalue weighted by molar-refractivity contribution is 5.25. The molecule has 0 amide bonds. The number of aliphatic hydroxyl groups is 1. The molecule has 0 saturated carbocycles. The maximum absolute atomic E-state index is 14.1. The predicted octanol–water partition coefficient (Wildman–Crippen LogP) is 1.93. The third-order valence-corrected chi connectivity index (χ3v) is 2.61. The molecule has 2 unspecified atom stereocenters. The molecule has 0 fully saturated rings. The third-order valence-electron chi connectivity index (χ3n) is 2.61. The van der Waals surface area contributed by atoms with Crippen LogP contribution in [-0.4, -0.2) is 19.9 Å².